The fourth-order valence-electron chi connectivity index (χ4n) is 2.88. The molecule has 2 fully saturated rings. The summed E-state index contributed by atoms with van der Waals surface area (Å²) >= 11 is 0. The minimum Gasteiger partial charge on any atom is -0.508 e. The lowest BCUT2D eigenvalue weighted by Gasteiger charge is -2.26. The van der Waals surface area contributed by atoms with Gasteiger partial charge in [0.25, 0.3) is 0 Å². The van der Waals surface area contributed by atoms with Crippen molar-refractivity contribution in [1.29, 1.82) is 0 Å². The van der Waals surface area contributed by atoms with Gasteiger partial charge in [-0.25, -0.2) is 0 Å². The number of rotatable bonds is 5. The Morgan fingerprint density at radius 3 is 2.68 bits per heavy atom. The van der Waals surface area contributed by atoms with Crippen molar-refractivity contribution >= 4 is 0 Å². The maximum atomic E-state index is 9.90. The van der Waals surface area contributed by atoms with Crippen molar-refractivity contribution in [2.24, 2.45) is 0 Å². The lowest BCUT2D eigenvalue weighted by atomic mass is 10.1. The van der Waals surface area contributed by atoms with Crippen LogP contribution in [0.5, 0.6) is 11.5 Å². The molecule has 1 heterocycles. The Bertz CT molecular complexity index is 440. The Labute approximate surface area is 114 Å². The van der Waals surface area contributed by atoms with Crippen LogP contribution in [0.2, 0.25) is 0 Å². The van der Waals surface area contributed by atoms with E-state index in [0.29, 0.717) is 12.1 Å². The molecular formula is C15H22N2O2. The van der Waals surface area contributed by atoms with Crippen molar-refractivity contribution in [2.45, 2.75) is 44.3 Å². The number of benzene rings is 1. The molecule has 1 aliphatic carbocycles. The van der Waals surface area contributed by atoms with Crippen molar-refractivity contribution in [1.82, 2.24) is 10.2 Å². The number of phenolic OH excluding ortho intramolecular Hbond substituents is 2. The highest BCUT2D eigenvalue weighted by Gasteiger charge is 2.31. The number of hydrogen-bond acceptors (Lipinski definition) is 4. The molecule has 1 aromatic carbocycles. The van der Waals surface area contributed by atoms with E-state index in [1.165, 1.54) is 31.7 Å². The van der Waals surface area contributed by atoms with Gasteiger partial charge in [-0.3, -0.25) is 4.90 Å². The molecule has 1 aromatic rings. The number of nitrogens with one attached hydrogen (secondary N) is 1. The predicted octanol–water partition coefficient (Wildman–Crippen LogP) is 1.81. The van der Waals surface area contributed by atoms with Gasteiger partial charge in [-0.05, 0) is 38.3 Å². The average molecular weight is 262 g/mol. The summed E-state index contributed by atoms with van der Waals surface area (Å²) in [4.78, 5) is 2.47. The quantitative estimate of drug-likeness (QED) is 0.757. The van der Waals surface area contributed by atoms with Crippen molar-refractivity contribution in [3.63, 3.8) is 0 Å². The smallest absolute Gasteiger partial charge is 0.123 e. The van der Waals surface area contributed by atoms with Gasteiger partial charge in [0.15, 0.2) is 0 Å². The maximum absolute atomic E-state index is 9.90. The Morgan fingerprint density at radius 2 is 2.05 bits per heavy atom. The van der Waals surface area contributed by atoms with Gasteiger partial charge in [0.1, 0.15) is 11.5 Å². The Hall–Kier alpha value is -1.26. The van der Waals surface area contributed by atoms with Crippen LogP contribution in [0.15, 0.2) is 18.2 Å². The van der Waals surface area contributed by atoms with Gasteiger partial charge in [-0.15, -0.1) is 0 Å². The molecule has 0 bridgehead atoms. The Balaban J connectivity index is 1.66. The summed E-state index contributed by atoms with van der Waals surface area (Å²) in [6, 6.07) is 6.17. The van der Waals surface area contributed by atoms with E-state index >= 15 is 0 Å². The highest BCUT2D eigenvalue weighted by Crippen LogP contribution is 2.31. The molecule has 4 nitrogen and oxygen atoms in total. The first-order chi connectivity index (χ1) is 9.22. The Kier molecular flexibility index (Phi) is 3.62. The molecule has 19 heavy (non-hydrogen) atoms. The van der Waals surface area contributed by atoms with E-state index in [1.54, 1.807) is 6.07 Å². The summed E-state index contributed by atoms with van der Waals surface area (Å²) in [5.41, 5.74) is 0.905. The second-order valence-electron chi connectivity index (χ2n) is 5.77. The normalized spacial score (nSPS) is 23.1. The molecule has 3 N–H and O–H groups in total. The molecule has 1 saturated heterocycles. The van der Waals surface area contributed by atoms with Gasteiger partial charge >= 0.3 is 0 Å². The zero-order chi connectivity index (χ0) is 13.2. The van der Waals surface area contributed by atoms with E-state index in [2.05, 4.69) is 10.2 Å². The fourth-order valence-corrected chi connectivity index (χ4v) is 2.88. The van der Waals surface area contributed by atoms with Gasteiger partial charge in [-0.1, -0.05) is 6.07 Å². The van der Waals surface area contributed by atoms with Crippen LogP contribution in [0.4, 0.5) is 0 Å². The first-order valence-electron chi connectivity index (χ1n) is 7.20. The van der Waals surface area contributed by atoms with Crippen molar-refractivity contribution < 1.29 is 10.2 Å². The monoisotopic (exact) mass is 262 g/mol. The van der Waals surface area contributed by atoms with Crippen LogP contribution < -0.4 is 5.32 Å². The molecular weight excluding hydrogens is 240 g/mol. The van der Waals surface area contributed by atoms with E-state index in [1.807, 2.05) is 6.07 Å². The zero-order valence-corrected chi connectivity index (χ0v) is 11.2. The van der Waals surface area contributed by atoms with Crippen molar-refractivity contribution in [3.8, 4) is 11.5 Å². The number of hydrogen-bond donors (Lipinski definition) is 3. The molecule has 0 amide bonds. The zero-order valence-electron chi connectivity index (χ0n) is 11.2. The third-order valence-corrected chi connectivity index (χ3v) is 4.12. The minimum absolute atomic E-state index is 0.122. The third kappa shape index (κ3) is 3.19. The average Bonchev–Trinajstić information content (AvgIpc) is 3.10. The van der Waals surface area contributed by atoms with Crippen LogP contribution >= 0.6 is 0 Å². The summed E-state index contributed by atoms with van der Waals surface area (Å²) < 4.78 is 0. The van der Waals surface area contributed by atoms with Crippen LogP contribution in [0.3, 0.4) is 0 Å². The molecule has 1 atom stereocenters. The van der Waals surface area contributed by atoms with E-state index in [9.17, 15) is 10.2 Å². The predicted molar refractivity (Wildman–Crippen MR) is 74.2 cm³/mol. The van der Waals surface area contributed by atoms with Crippen LogP contribution in [0.25, 0.3) is 0 Å². The standard InChI is InChI=1S/C15H22N2O2/c18-14-6-3-11(15(19)8-14)9-17(13-4-5-13)10-12-2-1-7-16-12/h3,6,8,12-13,16,18-19H,1-2,4-5,7,9-10H2. The van der Waals surface area contributed by atoms with E-state index in [0.717, 1.165) is 25.2 Å². The lowest BCUT2D eigenvalue weighted by Crippen LogP contribution is -2.38. The fraction of sp³-hybridized carbons (Fsp3) is 0.600. The van der Waals surface area contributed by atoms with E-state index < -0.39 is 0 Å². The topological polar surface area (TPSA) is 55.7 Å². The largest absolute Gasteiger partial charge is 0.508 e. The molecule has 1 unspecified atom stereocenters. The van der Waals surface area contributed by atoms with Crippen LogP contribution in [-0.2, 0) is 6.54 Å². The highest BCUT2D eigenvalue weighted by atomic mass is 16.3. The van der Waals surface area contributed by atoms with E-state index in [-0.39, 0.29) is 11.5 Å². The minimum atomic E-state index is 0.122. The van der Waals surface area contributed by atoms with Gasteiger partial charge in [-0.2, -0.15) is 0 Å². The molecule has 1 aliphatic heterocycles. The number of nitrogens with zero attached hydrogens (tertiary/aromatic N) is 1. The first-order valence-corrected chi connectivity index (χ1v) is 7.20. The molecule has 0 radical (unpaired) electrons. The SMILES string of the molecule is Oc1ccc(CN(CC2CCCN2)C2CC2)c(O)c1. The summed E-state index contributed by atoms with van der Waals surface area (Å²) in [6.45, 7) is 2.97. The molecule has 0 aromatic heterocycles. The summed E-state index contributed by atoms with van der Waals surface area (Å²) in [7, 11) is 0. The molecule has 3 rings (SSSR count). The first kappa shape index (κ1) is 12.8. The highest BCUT2D eigenvalue weighted by molar-refractivity contribution is 5.38. The summed E-state index contributed by atoms with van der Waals surface area (Å²) in [5, 5.41) is 22.8. The molecule has 4 heteroatoms. The van der Waals surface area contributed by atoms with Crippen LogP contribution in [-0.4, -0.2) is 40.3 Å². The third-order valence-electron chi connectivity index (χ3n) is 4.12. The van der Waals surface area contributed by atoms with Gasteiger partial charge in [0.2, 0.25) is 0 Å². The summed E-state index contributed by atoms with van der Waals surface area (Å²) in [5.74, 6) is 0.321. The van der Waals surface area contributed by atoms with E-state index in [4.69, 9.17) is 0 Å². The van der Waals surface area contributed by atoms with Gasteiger partial charge in [0, 0.05) is 36.8 Å². The molecule has 1 saturated carbocycles. The second kappa shape index (κ2) is 5.39. The van der Waals surface area contributed by atoms with Gasteiger partial charge in [0.05, 0.1) is 0 Å². The van der Waals surface area contributed by atoms with Crippen molar-refractivity contribution in [3.05, 3.63) is 23.8 Å². The maximum Gasteiger partial charge on any atom is 0.123 e. The van der Waals surface area contributed by atoms with Crippen LogP contribution in [0.1, 0.15) is 31.2 Å². The Morgan fingerprint density at radius 1 is 1.21 bits per heavy atom. The molecule has 0 spiro atoms. The molecule has 2 aliphatic rings. The van der Waals surface area contributed by atoms with Crippen LogP contribution in [0, 0.1) is 0 Å². The molecule has 104 valence electrons. The number of aromatic hydroxyl groups is 2. The van der Waals surface area contributed by atoms with Gasteiger partial charge < -0.3 is 15.5 Å². The second-order valence-corrected chi connectivity index (χ2v) is 5.77. The lowest BCUT2D eigenvalue weighted by molar-refractivity contribution is 0.228. The van der Waals surface area contributed by atoms with Crippen molar-refractivity contribution in [2.75, 3.05) is 13.1 Å². The summed E-state index contributed by atoms with van der Waals surface area (Å²) in [6.07, 6.45) is 5.07. The number of phenols is 2.